The molecule has 2 fully saturated rings. The number of hydrogen-bond acceptors (Lipinski definition) is 3. The Morgan fingerprint density at radius 1 is 1.20 bits per heavy atom. The van der Waals surface area contributed by atoms with E-state index in [0.29, 0.717) is 12.5 Å². The summed E-state index contributed by atoms with van der Waals surface area (Å²) >= 11 is 0. The van der Waals surface area contributed by atoms with Crippen molar-refractivity contribution < 1.29 is 19.8 Å². The molecule has 1 unspecified atom stereocenters. The lowest BCUT2D eigenvalue weighted by molar-refractivity contribution is -0.139. The van der Waals surface area contributed by atoms with Gasteiger partial charge in [0.1, 0.15) is 6.04 Å². The molecule has 2 amide bonds. The lowest BCUT2D eigenvalue weighted by Crippen LogP contribution is -2.51. The van der Waals surface area contributed by atoms with Gasteiger partial charge in [-0.1, -0.05) is 12.8 Å². The number of carbonyl (C=O) groups is 2. The maximum Gasteiger partial charge on any atom is 0.326 e. The number of nitrogens with one attached hydrogen (secondary N) is 1. The molecule has 0 radical (unpaired) electrons. The van der Waals surface area contributed by atoms with Crippen molar-refractivity contribution >= 4 is 12.0 Å². The van der Waals surface area contributed by atoms with E-state index in [1.165, 1.54) is 25.7 Å². The Kier molecular flexibility index (Phi) is 5.23. The number of aliphatic hydroxyl groups excluding tert-OH is 1. The van der Waals surface area contributed by atoms with Crippen molar-refractivity contribution in [3.05, 3.63) is 0 Å². The van der Waals surface area contributed by atoms with Crippen LogP contribution in [-0.4, -0.2) is 52.3 Å². The van der Waals surface area contributed by atoms with Crippen molar-refractivity contribution in [2.45, 2.75) is 57.0 Å². The van der Waals surface area contributed by atoms with Crippen LogP contribution in [-0.2, 0) is 4.79 Å². The quantitative estimate of drug-likeness (QED) is 0.707. The number of carboxylic acids is 1. The number of carboxylic acid groups (broad SMARTS) is 1. The van der Waals surface area contributed by atoms with Gasteiger partial charge in [0.2, 0.25) is 0 Å². The van der Waals surface area contributed by atoms with Crippen LogP contribution < -0.4 is 5.32 Å². The molecule has 0 aromatic heterocycles. The van der Waals surface area contributed by atoms with Gasteiger partial charge < -0.3 is 20.4 Å². The molecule has 0 bridgehead atoms. The second-order valence-electron chi connectivity index (χ2n) is 5.80. The van der Waals surface area contributed by atoms with Crippen LogP contribution in [0.2, 0.25) is 0 Å². The van der Waals surface area contributed by atoms with Crippen LogP contribution in [0.15, 0.2) is 0 Å². The average molecular weight is 284 g/mol. The molecule has 3 N–H and O–H groups in total. The molecule has 20 heavy (non-hydrogen) atoms. The monoisotopic (exact) mass is 284 g/mol. The van der Waals surface area contributed by atoms with Crippen molar-refractivity contribution in [1.29, 1.82) is 0 Å². The summed E-state index contributed by atoms with van der Waals surface area (Å²) in [6.45, 7) is 0.460. The molecule has 0 aromatic carbocycles. The molecular formula is C14H24N2O4. The molecule has 1 saturated heterocycles. The molecule has 0 spiro atoms. The second kappa shape index (κ2) is 6.92. The summed E-state index contributed by atoms with van der Waals surface area (Å²) < 4.78 is 0. The van der Waals surface area contributed by atoms with Gasteiger partial charge in [0.15, 0.2) is 0 Å². The third-order valence-corrected chi connectivity index (χ3v) is 4.52. The molecular weight excluding hydrogens is 260 g/mol. The molecule has 0 aromatic rings. The molecule has 6 heteroatoms. The summed E-state index contributed by atoms with van der Waals surface area (Å²) in [7, 11) is 0. The van der Waals surface area contributed by atoms with Gasteiger partial charge >= 0.3 is 12.0 Å². The second-order valence-corrected chi connectivity index (χ2v) is 5.80. The topological polar surface area (TPSA) is 89.9 Å². The van der Waals surface area contributed by atoms with Crippen molar-refractivity contribution in [2.75, 3.05) is 13.2 Å². The number of hydrogen-bond donors (Lipinski definition) is 3. The first kappa shape index (κ1) is 15.1. The Bertz CT molecular complexity index is 355. The van der Waals surface area contributed by atoms with Gasteiger partial charge in [-0.3, -0.25) is 0 Å². The van der Waals surface area contributed by atoms with E-state index in [1.807, 2.05) is 4.90 Å². The Hall–Kier alpha value is -1.30. The van der Waals surface area contributed by atoms with Crippen LogP contribution in [0.4, 0.5) is 4.79 Å². The van der Waals surface area contributed by atoms with Crippen LogP contribution in [0.3, 0.4) is 0 Å². The number of rotatable bonds is 5. The maximum absolute atomic E-state index is 12.3. The Labute approximate surface area is 119 Å². The van der Waals surface area contributed by atoms with Gasteiger partial charge in [-0.25, -0.2) is 9.59 Å². The maximum atomic E-state index is 12.3. The number of nitrogens with zero attached hydrogens (tertiary/aromatic N) is 1. The van der Waals surface area contributed by atoms with E-state index in [1.54, 1.807) is 0 Å². The molecule has 6 nitrogen and oxygen atoms in total. The van der Waals surface area contributed by atoms with E-state index in [0.717, 1.165) is 12.8 Å². The molecule has 1 saturated carbocycles. The highest BCUT2D eigenvalue weighted by Gasteiger charge is 2.36. The minimum absolute atomic E-state index is 0.0447. The number of likely N-dealkylation sites (tertiary alicyclic amines) is 1. The third-order valence-electron chi connectivity index (χ3n) is 4.52. The van der Waals surface area contributed by atoms with Gasteiger partial charge in [0.05, 0.1) is 0 Å². The van der Waals surface area contributed by atoms with Crippen LogP contribution in [0.1, 0.15) is 44.9 Å². The highest BCUT2D eigenvalue weighted by Crippen LogP contribution is 2.35. The van der Waals surface area contributed by atoms with E-state index in [4.69, 9.17) is 10.2 Å². The number of aliphatic hydroxyl groups is 1. The Morgan fingerprint density at radius 2 is 1.90 bits per heavy atom. The lowest BCUT2D eigenvalue weighted by Gasteiger charge is -2.30. The molecule has 1 heterocycles. The van der Waals surface area contributed by atoms with Crippen molar-refractivity contribution in [2.24, 2.45) is 5.92 Å². The van der Waals surface area contributed by atoms with Crippen molar-refractivity contribution in [1.82, 2.24) is 10.2 Å². The van der Waals surface area contributed by atoms with Gasteiger partial charge in [-0.05, 0) is 31.6 Å². The smallest absolute Gasteiger partial charge is 0.326 e. The van der Waals surface area contributed by atoms with Gasteiger partial charge in [0.25, 0.3) is 0 Å². The molecule has 1 aliphatic carbocycles. The first-order valence-electron chi connectivity index (χ1n) is 7.54. The summed E-state index contributed by atoms with van der Waals surface area (Å²) in [5.74, 6) is -0.520. The Morgan fingerprint density at radius 3 is 2.50 bits per heavy atom. The van der Waals surface area contributed by atoms with E-state index in [9.17, 15) is 9.59 Å². The highest BCUT2D eigenvalue weighted by atomic mass is 16.4. The fourth-order valence-corrected chi connectivity index (χ4v) is 3.50. The predicted octanol–water partition coefficient (Wildman–Crippen LogP) is 1.19. The van der Waals surface area contributed by atoms with Crippen LogP contribution in [0.5, 0.6) is 0 Å². The van der Waals surface area contributed by atoms with Gasteiger partial charge in [-0.15, -0.1) is 0 Å². The SMILES string of the molecule is O=C(O)[C@@H](CCO)NC(=O)N1CCCC1C1CCCC1. The summed E-state index contributed by atoms with van der Waals surface area (Å²) in [5.41, 5.74) is 0. The first-order chi connectivity index (χ1) is 9.63. The lowest BCUT2D eigenvalue weighted by atomic mass is 9.96. The van der Waals surface area contributed by atoms with Crippen LogP contribution in [0, 0.1) is 5.92 Å². The van der Waals surface area contributed by atoms with Crippen LogP contribution >= 0.6 is 0 Å². The van der Waals surface area contributed by atoms with Crippen molar-refractivity contribution in [3.63, 3.8) is 0 Å². The Balaban J connectivity index is 1.94. The normalized spacial score (nSPS) is 24.9. The van der Waals surface area contributed by atoms with E-state index >= 15 is 0 Å². The minimum Gasteiger partial charge on any atom is -0.480 e. The van der Waals surface area contributed by atoms with Crippen molar-refractivity contribution in [3.8, 4) is 0 Å². The molecule has 2 aliphatic rings. The number of amides is 2. The fraction of sp³-hybridized carbons (Fsp3) is 0.857. The van der Waals surface area contributed by atoms with Gasteiger partial charge in [-0.2, -0.15) is 0 Å². The predicted molar refractivity (Wildman–Crippen MR) is 73.3 cm³/mol. The van der Waals surface area contributed by atoms with Gasteiger partial charge in [0, 0.05) is 25.6 Å². The minimum atomic E-state index is -1.09. The van der Waals surface area contributed by atoms with E-state index < -0.39 is 12.0 Å². The zero-order valence-corrected chi connectivity index (χ0v) is 11.8. The summed E-state index contributed by atoms with van der Waals surface area (Å²) in [5, 5.41) is 20.4. The van der Waals surface area contributed by atoms with E-state index in [2.05, 4.69) is 5.32 Å². The average Bonchev–Trinajstić information content (AvgIpc) is 3.08. The molecule has 114 valence electrons. The third kappa shape index (κ3) is 3.42. The summed E-state index contributed by atoms with van der Waals surface area (Å²) in [6, 6.07) is -1.03. The summed E-state index contributed by atoms with van der Waals surface area (Å²) in [4.78, 5) is 25.1. The number of aliphatic carboxylic acids is 1. The molecule has 1 aliphatic heterocycles. The molecule has 2 rings (SSSR count). The fourth-order valence-electron chi connectivity index (χ4n) is 3.50. The largest absolute Gasteiger partial charge is 0.480 e. The molecule has 2 atom stereocenters. The van der Waals surface area contributed by atoms with Crippen LogP contribution in [0.25, 0.3) is 0 Å². The summed E-state index contributed by atoms with van der Waals surface area (Å²) in [6.07, 6.45) is 6.88. The number of urea groups is 1. The standard InChI is InChI=1S/C14H24N2O4/c17-9-7-11(13(18)19)15-14(20)16-8-3-6-12(16)10-4-1-2-5-10/h10-12,17H,1-9H2,(H,15,20)(H,18,19)/t11-,12?/m1/s1. The number of carbonyl (C=O) groups excluding carboxylic acids is 1. The first-order valence-corrected chi connectivity index (χ1v) is 7.54. The highest BCUT2D eigenvalue weighted by molar-refractivity contribution is 5.82. The van der Waals surface area contributed by atoms with E-state index in [-0.39, 0.29) is 25.1 Å². The zero-order chi connectivity index (χ0) is 14.5. The zero-order valence-electron chi connectivity index (χ0n) is 11.8.